The van der Waals surface area contributed by atoms with Crippen molar-refractivity contribution in [2.24, 2.45) is 11.3 Å². The molecule has 176 valence electrons. The zero-order valence-corrected chi connectivity index (χ0v) is 20.5. The van der Waals surface area contributed by atoms with Crippen molar-refractivity contribution in [2.45, 2.75) is 72.6 Å². The summed E-state index contributed by atoms with van der Waals surface area (Å²) in [5, 5.41) is 0. The highest BCUT2D eigenvalue weighted by atomic mass is 16.6. The molecule has 0 bridgehead atoms. The van der Waals surface area contributed by atoms with Gasteiger partial charge in [-0.2, -0.15) is 4.90 Å². The Balaban J connectivity index is 2.54. The number of rotatable bonds is 4. The Morgan fingerprint density at radius 1 is 0.938 bits per heavy atom. The second kappa shape index (κ2) is 8.96. The zero-order valence-electron chi connectivity index (χ0n) is 20.5. The number of ether oxygens (including phenoxy) is 3. The van der Waals surface area contributed by atoms with Crippen molar-refractivity contribution < 1.29 is 28.6 Å². The van der Waals surface area contributed by atoms with Crippen LogP contribution in [0.5, 0.6) is 0 Å². The number of amides is 2. The van der Waals surface area contributed by atoms with Gasteiger partial charge >= 0.3 is 18.2 Å². The molecule has 1 aromatic carbocycles. The Labute approximate surface area is 190 Å². The van der Waals surface area contributed by atoms with Crippen LogP contribution in [0, 0.1) is 11.3 Å². The fraction of sp³-hybridized carbons (Fsp3) is 0.560. The predicted molar refractivity (Wildman–Crippen MR) is 122 cm³/mol. The van der Waals surface area contributed by atoms with Crippen LogP contribution in [0.2, 0.25) is 0 Å². The van der Waals surface area contributed by atoms with Gasteiger partial charge in [0.1, 0.15) is 11.2 Å². The first-order valence-electron chi connectivity index (χ1n) is 10.7. The monoisotopic (exact) mass is 445 g/mol. The first-order valence-corrected chi connectivity index (χ1v) is 10.7. The van der Waals surface area contributed by atoms with Crippen molar-refractivity contribution >= 4 is 24.2 Å². The summed E-state index contributed by atoms with van der Waals surface area (Å²) in [6.45, 7) is 14.1. The van der Waals surface area contributed by atoms with Crippen molar-refractivity contribution in [1.29, 1.82) is 0 Å². The molecule has 2 amide bonds. The molecule has 7 heteroatoms. The maximum atomic E-state index is 13.1. The normalized spacial score (nSPS) is 19.7. The summed E-state index contributed by atoms with van der Waals surface area (Å²) in [4.78, 5) is 40.0. The number of methoxy groups -OCH3 is 1. The van der Waals surface area contributed by atoms with Crippen LogP contribution in [0.3, 0.4) is 0 Å². The molecule has 0 heterocycles. The van der Waals surface area contributed by atoms with Crippen LogP contribution in [-0.2, 0) is 19.0 Å². The first kappa shape index (κ1) is 25.4. The quantitative estimate of drug-likeness (QED) is 0.453. The van der Waals surface area contributed by atoms with Crippen LogP contribution < -0.4 is 0 Å². The number of carbonyl (C=O) groups excluding carboxylic acids is 3. The molecule has 7 nitrogen and oxygen atoms in total. The van der Waals surface area contributed by atoms with Crippen LogP contribution in [0.15, 0.2) is 35.9 Å². The van der Waals surface area contributed by atoms with Crippen LogP contribution in [0.25, 0.3) is 6.08 Å². The van der Waals surface area contributed by atoms with Crippen LogP contribution in [0.4, 0.5) is 9.59 Å². The minimum absolute atomic E-state index is 0.447. The van der Waals surface area contributed by atoms with Gasteiger partial charge in [0.05, 0.1) is 7.11 Å². The lowest BCUT2D eigenvalue weighted by Crippen LogP contribution is -2.53. The molecule has 0 aromatic heterocycles. The van der Waals surface area contributed by atoms with Crippen molar-refractivity contribution in [2.75, 3.05) is 7.11 Å². The molecule has 1 aliphatic carbocycles. The van der Waals surface area contributed by atoms with Gasteiger partial charge in [-0.1, -0.05) is 55.8 Å². The van der Waals surface area contributed by atoms with Gasteiger partial charge in [0.15, 0.2) is 6.04 Å². The second-order valence-electron chi connectivity index (χ2n) is 10.5. The SMILES string of the molecule is COC(=O)[C@@H]([C@@H]1/C(=C/c2ccccc2)C1(C)C)N(C(=O)OC(C)(C)C)C(=O)OC(C)(C)C. The number of imide groups is 1. The molecule has 0 aliphatic heterocycles. The largest absolute Gasteiger partial charge is 0.467 e. The summed E-state index contributed by atoms with van der Waals surface area (Å²) < 4.78 is 16.0. The van der Waals surface area contributed by atoms with E-state index >= 15 is 0 Å². The molecule has 1 aromatic rings. The highest BCUT2D eigenvalue weighted by molar-refractivity contribution is 5.95. The summed E-state index contributed by atoms with van der Waals surface area (Å²) in [5.41, 5.74) is -0.310. The molecule has 0 radical (unpaired) electrons. The van der Waals surface area contributed by atoms with E-state index < -0.39 is 46.7 Å². The van der Waals surface area contributed by atoms with Crippen molar-refractivity contribution in [3.8, 4) is 0 Å². The molecule has 1 saturated carbocycles. The Bertz CT molecular complexity index is 861. The molecule has 0 spiro atoms. The molecule has 32 heavy (non-hydrogen) atoms. The molecular formula is C25H35NO6. The van der Waals surface area contributed by atoms with Crippen LogP contribution >= 0.6 is 0 Å². The lowest BCUT2D eigenvalue weighted by Gasteiger charge is -2.32. The van der Waals surface area contributed by atoms with Gasteiger partial charge in [0.25, 0.3) is 0 Å². The van der Waals surface area contributed by atoms with E-state index in [4.69, 9.17) is 14.2 Å². The van der Waals surface area contributed by atoms with Gasteiger partial charge in [-0.3, -0.25) is 0 Å². The fourth-order valence-corrected chi connectivity index (χ4v) is 3.62. The smallest absolute Gasteiger partial charge is 0.420 e. The highest BCUT2D eigenvalue weighted by Crippen LogP contribution is 2.61. The van der Waals surface area contributed by atoms with Gasteiger partial charge in [-0.25, -0.2) is 14.4 Å². The molecule has 0 unspecified atom stereocenters. The molecule has 0 saturated heterocycles. The van der Waals surface area contributed by atoms with E-state index in [2.05, 4.69) is 0 Å². The summed E-state index contributed by atoms with van der Waals surface area (Å²) in [6, 6.07) is 8.43. The molecule has 2 rings (SSSR count). The Morgan fingerprint density at radius 2 is 1.41 bits per heavy atom. The van der Waals surface area contributed by atoms with E-state index in [0.717, 1.165) is 16.0 Å². The molecule has 1 aliphatic rings. The molecule has 0 N–H and O–H groups in total. The van der Waals surface area contributed by atoms with Crippen molar-refractivity contribution in [3.63, 3.8) is 0 Å². The van der Waals surface area contributed by atoms with Crippen molar-refractivity contribution in [1.82, 2.24) is 4.90 Å². The van der Waals surface area contributed by atoms with Gasteiger partial charge in [-0.15, -0.1) is 0 Å². The van der Waals surface area contributed by atoms with E-state index in [0.29, 0.717) is 0 Å². The lowest BCUT2D eigenvalue weighted by molar-refractivity contribution is -0.147. The number of hydrogen-bond acceptors (Lipinski definition) is 6. The standard InChI is InChI=1S/C25H35NO6/c1-23(2,3)31-21(28)26(22(29)32-24(4,5)6)19(20(27)30-9)18-17(25(18,7)8)15-16-13-11-10-12-14-16/h10-15,18-19H,1-9H3/b17-15-/t18-,19+/m0/s1. The first-order chi connectivity index (χ1) is 14.6. The number of benzene rings is 1. The molecule has 1 fully saturated rings. The Hall–Kier alpha value is -2.83. The minimum atomic E-state index is -1.23. The minimum Gasteiger partial charge on any atom is -0.467 e. The summed E-state index contributed by atoms with van der Waals surface area (Å²) in [7, 11) is 1.23. The number of hydrogen-bond donors (Lipinski definition) is 0. The number of esters is 1. The summed E-state index contributed by atoms with van der Waals surface area (Å²) >= 11 is 0. The van der Waals surface area contributed by atoms with E-state index in [1.807, 2.05) is 50.3 Å². The van der Waals surface area contributed by atoms with Crippen molar-refractivity contribution in [3.05, 3.63) is 41.5 Å². The number of carbonyl (C=O) groups is 3. The van der Waals surface area contributed by atoms with E-state index in [9.17, 15) is 14.4 Å². The summed E-state index contributed by atoms with van der Waals surface area (Å²) in [5.74, 6) is -1.16. The Morgan fingerprint density at radius 3 is 1.81 bits per heavy atom. The zero-order chi connectivity index (χ0) is 24.5. The molecule has 2 atom stereocenters. The predicted octanol–water partition coefficient (Wildman–Crippen LogP) is 5.44. The maximum Gasteiger partial charge on any atom is 0.420 e. The van der Waals surface area contributed by atoms with E-state index in [1.165, 1.54) is 7.11 Å². The third-order valence-electron chi connectivity index (χ3n) is 5.11. The number of nitrogens with zero attached hydrogens (tertiary/aromatic N) is 1. The van der Waals surface area contributed by atoms with E-state index in [1.54, 1.807) is 41.5 Å². The maximum absolute atomic E-state index is 13.1. The topological polar surface area (TPSA) is 82.1 Å². The van der Waals surface area contributed by atoms with Gasteiger partial charge in [0, 0.05) is 5.92 Å². The fourth-order valence-electron chi connectivity index (χ4n) is 3.62. The van der Waals surface area contributed by atoms with Crippen LogP contribution in [0.1, 0.15) is 61.0 Å². The Kier molecular flexibility index (Phi) is 7.12. The average molecular weight is 446 g/mol. The molecular weight excluding hydrogens is 410 g/mol. The third-order valence-corrected chi connectivity index (χ3v) is 5.11. The van der Waals surface area contributed by atoms with Gasteiger partial charge < -0.3 is 14.2 Å². The lowest BCUT2D eigenvalue weighted by atomic mass is 10.0. The summed E-state index contributed by atoms with van der Waals surface area (Å²) in [6.07, 6.45) is 0.0657. The third kappa shape index (κ3) is 6.11. The average Bonchev–Trinajstić information content (AvgIpc) is 3.15. The van der Waals surface area contributed by atoms with Gasteiger partial charge in [0.2, 0.25) is 0 Å². The second-order valence-corrected chi connectivity index (χ2v) is 10.5. The van der Waals surface area contributed by atoms with Gasteiger partial charge in [-0.05, 0) is 52.5 Å². The van der Waals surface area contributed by atoms with E-state index in [-0.39, 0.29) is 0 Å². The van der Waals surface area contributed by atoms with Crippen LogP contribution in [-0.4, -0.2) is 47.4 Å². The highest BCUT2D eigenvalue weighted by Gasteiger charge is 2.62.